The van der Waals surface area contributed by atoms with Crippen molar-refractivity contribution in [3.8, 4) is 0 Å². The topological polar surface area (TPSA) is 105 Å². The molecule has 9 heteroatoms. The summed E-state index contributed by atoms with van der Waals surface area (Å²) in [7, 11) is 0. The van der Waals surface area contributed by atoms with Crippen molar-refractivity contribution in [2.75, 3.05) is 19.6 Å². The average molecular weight is 415 g/mol. The molecule has 0 spiro atoms. The number of amides is 4. The fraction of sp³-hybridized carbons (Fsp3) is 0.667. The molecule has 2 saturated heterocycles. The Morgan fingerprint density at radius 1 is 1.20 bits per heavy atom. The van der Waals surface area contributed by atoms with Gasteiger partial charge in [0.2, 0.25) is 5.91 Å². The van der Waals surface area contributed by atoms with Crippen LogP contribution in [0.1, 0.15) is 62.5 Å². The summed E-state index contributed by atoms with van der Waals surface area (Å²) in [6.45, 7) is 7.29. The molecule has 1 aromatic heterocycles. The van der Waals surface area contributed by atoms with E-state index >= 15 is 0 Å². The zero-order chi connectivity index (χ0) is 21.6. The van der Waals surface area contributed by atoms with Crippen LogP contribution in [0.2, 0.25) is 0 Å². The molecule has 9 nitrogen and oxygen atoms in total. The number of nitrogens with zero attached hydrogens (tertiary/aromatic N) is 4. The summed E-state index contributed by atoms with van der Waals surface area (Å²) in [6.07, 6.45) is 3.70. The van der Waals surface area contributed by atoms with Gasteiger partial charge in [0.1, 0.15) is 11.4 Å². The van der Waals surface area contributed by atoms with Crippen molar-refractivity contribution in [2.24, 2.45) is 0 Å². The van der Waals surface area contributed by atoms with E-state index in [0.717, 1.165) is 48.6 Å². The zero-order valence-electron chi connectivity index (χ0n) is 17.9. The highest BCUT2D eigenvalue weighted by molar-refractivity contribution is 6.06. The van der Waals surface area contributed by atoms with Crippen molar-refractivity contribution < 1.29 is 14.4 Å². The van der Waals surface area contributed by atoms with Gasteiger partial charge in [0.25, 0.3) is 11.5 Å². The number of hydrogen-bond donors (Lipinski definition) is 1. The van der Waals surface area contributed by atoms with Crippen molar-refractivity contribution in [3.63, 3.8) is 0 Å². The van der Waals surface area contributed by atoms with E-state index in [0.29, 0.717) is 18.7 Å². The van der Waals surface area contributed by atoms with E-state index in [1.165, 1.54) is 0 Å². The number of fused-ring (bicyclic) bond motifs is 1. The third kappa shape index (κ3) is 3.50. The largest absolute Gasteiger partial charge is 0.342 e. The van der Waals surface area contributed by atoms with E-state index in [1.807, 2.05) is 11.8 Å². The molecule has 4 rings (SSSR count). The predicted octanol–water partition coefficient (Wildman–Crippen LogP) is 0.924. The molecule has 1 aromatic rings. The minimum absolute atomic E-state index is 0.0688. The molecular formula is C21H29N5O4. The van der Waals surface area contributed by atoms with Gasteiger partial charge in [0, 0.05) is 56.2 Å². The highest BCUT2D eigenvalue weighted by Crippen LogP contribution is 2.31. The first-order valence-corrected chi connectivity index (χ1v) is 10.7. The van der Waals surface area contributed by atoms with Crippen LogP contribution in [0.4, 0.5) is 4.79 Å². The van der Waals surface area contributed by atoms with E-state index in [4.69, 9.17) is 0 Å². The molecule has 0 unspecified atom stereocenters. The first-order chi connectivity index (χ1) is 14.2. The van der Waals surface area contributed by atoms with Crippen LogP contribution >= 0.6 is 0 Å². The number of urea groups is 1. The maximum Gasteiger partial charge on any atom is 0.325 e. The second-order valence-corrected chi connectivity index (χ2v) is 9.04. The molecule has 3 aliphatic heterocycles. The number of aryl methyl sites for hydroxylation is 1. The van der Waals surface area contributed by atoms with Crippen LogP contribution in [0, 0.1) is 6.92 Å². The van der Waals surface area contributed by atoms with Gasteiger partial charge in [0.15, 0.2) is 0 Å². The molecule has 4 amide bonds. The van der Waals surface area contributed by atoms with Gasteiger partial charge in [-0.15, -0.1) is 0 Å². The van der Waals surface area contributed by atoms with E-state index in [1.54, 1.807) is 13.8 Å². The lowest BCUT2D eigenvalue weighted by molar-refractivity contribution is -0.134. The Bertz CT molecular complexity index is 967. The Morgan fingerprint density at radius 3 is 2.67 bits per heavy atom. The lowest BCUT2D eigenvalue weighted by Crippen LogP contribution is -2.43. The number of aromatic nitrogens is 2. The summed E-state index contributed by atoms with van der Waals surface area (Å²) in [6, 6.07) is -0.448. The monoisotopic (exact) mass is 415 g/mol. The minimum Gasteiger partial charge on any atom is -0.342 e. The van der Waals surface area contributed by atoms with Gasteiger partial charge in [-0.1, -0.05) is 0 Å². The highest BCUT2D eigenvalue weighted by atomic mass is 16.2. The van der Waals surface area contributed by atoms with Crippen molar-refractivity contribution in [3.05, 3.63) is 27.4 Å². The van der Waals surface area contributed by atoms with Crippen LogP contribution in [-0.4, -0.2) is 62.4 Å². The average Bonchev–Trinajstić information content (AvgIpc) is 3.23. The Balaban J connectivity index is 1.45. The number of imide groups is 1. The van der Waals surface area contributed by atoms with Crippen LogP contribution in [0.15, 0.2) is 4.79 Å². The van der Waals surface area contributed by atoms with Gasteiger partial charge in [-0.05, 0) is 40.0 Å². The Hall–Kier alpha value is -2.71. The molecule has 1 atom stereocenters. The Kier molecular flexibility index (Phi) is 5.15. The number of nitrogens with one attached hydrogen (secondary N) is 1. The highest BCUT2D eigenvalue weighted by Gasteiger charge is 2.44. The maximum atomic E-state index is 12.9. The molecule has 0 bridgehead atoms. The third-order valence-corrected chi connectivity index (χ3v) is 6.47. The summed E-state index contributed by atoms with van der Waals surface area (Å²) < 4.78 is 2.17. The Morgan fingerprint density at radius 2 is 1.97 bits per heavy atom. The van der Waals surface area contributed by atoms with Gasteiger partial charge >= 0.3 is 6.03 Å². The van der Waals surface area contributed by atoms with Gasteiger partial charge in [-0.3, -0.25) is 19.3 Å². The fourth-order valence-corrected chi connectivity index (χ4v) is 4.89. The fourth-order valence-electron chi connectivity index (χ4n) is 4.89. The van der Waals surface area contributed by atoms with Crippen LogP contribution in [0.5, 0.6) is 0 Å². The normalized spacial score (nSPS) is 23.0. The van der Waals surface area contributed by atoms with Crippen LogP contribution in [-0.2, 0) is 22.6 Å². The molecular weight excluding hydrogens is 386 g/mol. The van der Waals surface area contributed by atoms with Crippen molar-refractivity contribution in [1.82, 2.24) is 24.7 Å². The molecule has 0 radical (unpaired) electrons. The second-order valence-electron chi connectivity index (χ2n) is 9.04. The molecule has 30 heavy (non-hydrogen) atoms. The first-order valence-electron chi connectivity index (χ1n) is 10.7. The number of carbonyl (C=O) groups excluding carboxylic acids is 3. The van der Waals surface area contributed by atoms with Crippen molar-refractivity contribution >= 4 is 17.8 Å². The van der Waals surface area contributed by atoms with E-state index < -0.39 is 11.6 Å². The SMILES string of the molecule is Cc1c([C@@H]2CCCN(C(=O)CCN3C(=O)NC(C)(C)C3=O)C2)n2c(nc1=O)CCC2. The number of hydrogen-bond acceptors (Lipinski definition) is 5. The zero-order valence-corrected chi connectivity index (χ0v) is 17.9. The van der Waals surface area contributed by atoms with E-state index in [9.17, 15) is 19.2 Å². The first kappa shape index (κ1) is 20.6. The van der Waals surface area contributed by atoms with Crippen molar-refractivity contribution in [1.29, 1.82) is 0 Å². The molecule has 0 aromatic carbocycles. The second kappa shape index (κ2) is 7.52. The van der Waals surface area contributed by atoms with Gasteiger partial charge < -0.3 is 14.8 Å². The molecule has 1 N–H and O–H groups in total. The lowest BCUT2D eigenvalue weighted by atomic mass is 9.91. The summed E-state index contributed by atoms with van der Waals surface area (Å²) in [5, 5.41) is 2.63. The molecule has 3 aliphatic rings. The van der Waals surface area contributed by atoms with Gasteiger partial charge in [0.05, 0.1) is 0 Å². The molecule has 4 heterocycles. The van der Waals surface area contributed by atoms with E-state index in [-0.39, 0.29) is 36.3 Å². The smallest absolute Gasteiger partial charge is 0.325 e. The molecule has 0 saturated carbocycles. The lowest BCUT2D eigenvalue weighted by Gasteiger charge is -2.35. The quantitative estimate of drug-likeness (QED) is 0.737. The summed E-state index contributed by atoms with van der Waals surface area (Å²) in [5.41, 5.74) is 0.614. The minimum atomic E-state index is -0.928. The van der Waals surface area contributed by atoms with Gasteiger partial charge in [-0.2, -0.15) is 4.98 Å². The predicted molar refractivity (Wildman–Crippen MR) is 109 cm³/mol. The van der Waals surface area contributed by atoms with E-state index in [2.05, 4.69) is 14.9 Å². The van der Waals surface area contributed by atoms with Crippen LogP contribution in [0.25, 0.3) is 0 Å². The summed E-state index contributed by atoms with van der Waals surface area (Å²) >= 11 is 0. The number of likely N-dealkylation sites (tertiary alicyclic amines) is 1. The van der Waals surface area contributed by atoms with Gasteiger partial charge in [-0.25, -0.2) is 4.79 Å². The maximum absolute atomic E-state index is 12.9. The molecule has 0 aliphatic carbocycles. The summed E-state index contributed by atoms with van der Waals surface area (Å²) in [5.74, 6) is 0.580. The molecule has 162 valence electrons. The molecule has 2 fully saturated rings. The Labute approximate surface area is 175 Å². The van der Waals surface area contributed by atoms with Crippen LogP contribution < -0.4 is 10.9 Å². The number of carbonyl (C=O) groups is 3. The number of rotatable bonds is 4. The van der Waals surface area contributed by atoms with Crippen LogP contribution in [0.3, 0.4) is 0 Å². The summed E-state index contributed by atoms with van der Waals surface area (Å²) in [4.78, 5) is 56.7. The number of piperidine rings is 1. The van der Waals surface area contributed by atoms with Crippen molar-refractivity contribution in [2.45, 2.75) is 70.9 Å². The third-order valence-electron chi connectivity index (χ3n) is 6.47. The standard InChI is InChI=1S/C21H29N5O4/c1-13-17(25-10-5-7-15(25)22-18(13)28)14-6-4-9-24(12-14)16(27)8-11-26-19(29)21(2,3)23-20(26)30/h14H,4-12H2,1-3H3,(H,23,30)/t14-/m1/s1.